The molecule has 0 aromatic heterocycles. The molecule has 5 nitrogen and oxygen atoms in total. The standard InChI is InChI=1S/C10H17N3O2/c14-9-5-7(6-12-9)13-10(15)8-3-1-2-4-11-8/h7-8,11H,1-6H2,(H,12,14)(H,13,15)/t7?,8-/m0/s1. The van der Waals surface area contributed by atoms with E-state index in [9.17, 15) is 9.59 Å². The topological polar surface area (TPSA) is 70.2 Å². The molecule has 0 aromatic carbocycles. The van der Waals surface area contributed by atoms with Crippen molar-refractivity contribution in [2.75, 3.05) is 13.1 Å². The molecule has 0 aromatic rings. The lowest BCUT2D eigenvalue weighted by Gasteiger charge is -2.23. The monoisotopic (exact) mass is 211 g/mol. The summed E-state index contributed by atoms with van der Waals surface area (Å²) < 4.78 is 0. The van der Waals surface area contributed by atoms with E-state index in [1.807, 2.05) is 0 Å². The van der Waals surface area contributed by atoms with Crippen LogP contribution in [0.15, 0.2) is 0 Å². The average molecular weight is 211 g/mol. The molecule has 2 aliphatic heterocycles. The fourth-order valence-corrected chi connectivity index (χ4v) is 2.08. The van der Waals surface area contributed by atoms with Crippen molar-refractivity contribution in [2.24, 2.45) is 0 Å². The largest absolute Gasteiger partial charge is 0.354 e. The summed E-state index contributed by atoms with van der Waals surface area (Å²) in [5, 5.41) is 8.78. The Morgan fingerprint density at radius 3 is 2.87 bits per heavy atom. The number of rotatable bonds is 2. The molecule has 2 amide bonds. The minimum Gasteiger partial charge on any atom is -0.354 e. The Hall–Kier alpha value is -1.10. The molecule has 84 valence electrons. The Kier molecular flexibility index (Phi) is 3.20. The molecule has 2 aliphatic rings. The van der Waals surface area contributed by atoms with Gasteiger partial charge in [-0.05, 0) is 19.4 Å². The van der Waals surface area contributed by atoms with E-state index in [1.54, 1.807) is 0 Å². The van der Waals surface area contributed by atoms with Crippen LogP contribution in [0.5, 0.6) is 0 Å². The Morgan fingerprint density at radius 2 is 2.27 bits per heavy atom. The number of carbonyl (C=O) groups is 2. The fraction of sp³-hybridized carbons (Fsp3) is 0.800. The van der Waals surface area contributed by atoms with E-state index in [0.29, 0.717) is 13.0 Å². The Morgan fingerprint density at radius 1 is 1.40 bits per heavy atom. The number of hydrogen-bond donors (Lipinski definition) is 3. The number of hydrogen-bond acceptors (Lipinski definition) is 3. The minimum atomic E-state index is -0.0607. The van der Waals surface area contributed by atoms with E-state index in [2.05, 4.69) is 16.0 Å². The summed E-state index contributed by atoms with van der Waals surface area (Å²) in [6.07, 6.45) is 3.57. The van der Waals surface area contributed by atoms with Crippen LogP contribution in [0.2, 0.25) is 0 Å². The van der Waals surface area contributed by atoms with Gasteiger partial charge in [0.05, 0.1) is 12.1 Å². The van der Waals surface area contributed by atoms with Crippen LogP contribution >= 0.6 is 0 Å². The third kappa shape index (κ3) is 2.68. The summed E-state index contributed by atoms with van der Waals surface area (Å²) in [5.74, 6) is 0.0631. The molecular formula is C10H17N3O2. The first-order chi connectivity index (χ1) is 7.25. The van der Waals surface area contributed by atoms with Crippen LogP contribution in [0.3, 0.4) is 0 Å². The van der Waals surface area contributed by atoms with Gasteiger partial charge in [-0.1, -0.05) is 6.42 Å². The zero-order chi connectivity index (χ0) is 10.7. The second-order valence-corrected chi connectivity index (χ2v) is 4.22. The molecule has 2 atom stereocenters. The van der Waals surface area contributed by atoms with E-state index in [1.165, 1.54) is 0 Å². The van der Waals surface area contributed by atoms with Crippen molar-refractivity contribution in [1.82, 2.24) is 16.0 Å². The molecule has 2 fully saturated rings. The van der Waals surface area contributed by atoms with Crippen molar-refractivity contribution in [3.63, 3.8) is 0 Å². The van der Waals surface area contributed by atoms with Crippen LogP contribution in [0.1, 0.15) is 25.7 Å². The number of piperidine rings is 1. The smallest absolute Gasteiger partial charge is 0.237 e. The summed E-state index contributed by atoms with van der Waals surface area (Å²) in [5.41, 5.74) is 0. The quantitative estimate of drug-likeness (QED) is 0.556. The molecule has 2 heterocycles. The highest BCUT2D eigenvalue weighted by atomic mass is 16.2. The zero-order valence-corrected chi connectivity index (χ0v) is 8.71. The van der Waals surface area contributed by atoms with Crippen LogP contribution in [0, 0.1) is 0 Å². The Bertz CT molecular complexity index is 261. The van der Waals surface area contributed by atoms with Crippen molar-refractivity contribution < 1.29 is 9.59 Å². The molecule has 3 N–H and O–H groups in total. The first-order valence-electron chi connectivity index (χ1n) is 5.56. The summed E-state index contributed by atoms with van der Waals surface area (Å²) >= 11 is 0. The van der Waals surface area contributed by atoms with Crippen molar-refractivity contribution >= 4 is 11.8 Å². The highest BCUT2D eigenvalue weighted by Crippen LogP contribution is 2.08. The first-order valence-corrected chi connectivity index (χ1v) is 5.56. The van der Waals surface area contributed by atoms with Crippen LogP contribution < -0.4 is 16.0 Å². The highest BCUT2D eigenvalue weighted by molar-refractivity contribution is 5.84. The van der Waals surface area contributed by atoms with Crippen molar-refractivity contribution in [3.05, 3.63) is 0 Å². The minimum absolute atomic E-state index is 0.0197. The second-order valence-electron chi connectivity index (χ2n) is 4.22. The molecule has 0 saturated carbocycles. The van der Waals surface area contributed by atoms with Gasteiger partial charge in [0.2, 0.25) is 11.8 Å². The molecule has 2 rings (SSSR count). The van der Waals surface area contributed by atoms with Gasteiger partial charge in [0.25, 0.3) is 0 Å². The first kappa shape index (κ1) is 10.4. The average Bonchev–Trinajstić information content (AvgIpc) is 2.65. The lowest BCUT2D eigenvalue weighted by Crippen LogP contribution is -2.50. The van der Waals surface area contributed by atoms with Gasteiger partial charge in [0.1, 0.15) is 0 Å². The Labute approximate surface area is 89.0 Å². The molecular weight excluding hydrogens is 194 g/mol. The van der Waals surface area contributed by atoms with E-state index in [0.717, 1.165) is 25.8 Å². The van der Waals surface area contributed by atoms with Crippen molar-refractivity contribution in [3.8, 4) is 0 Å². The molecule has 0 radical (unpaired) electrons. The predicted molar refractivity (Wildman–Crippen MR) is 55.2 cm³/mol. The number of amides is 2. The van der Waals surface area contributed by atoms with E-state index < -0.39 is 0 Å². The predicted octanol–water partition coefficient (Wildman–Crippen LogP) is -0.867. The third-order valence-corrected chi connectivity index (χ3v) is 2.95. The summed E-state index contributed by atoms with van der Waals surface area (Å²) in [4.78, 5) is 22.7. The zero-order valence-electron chi connectivity index (χ0n) is 8.71. The van der Waals surface area contributed by atoms with Gasteiger partial charge in [-0.15, -0.1) is 0 Å². The van der Waals surface area contributed by atoms with E-state index >= 15 is 0 Å². The van der Waals surface area contributed by atoms with Gasteiger partial charge >= 0.3 is 0 Å². The van der Waals surface area contributed by atoms with Crippen LogP contribution in [-0.4, -0.2) is 37.0 Å². The lowest BCUT2D eigenvalue weighted by atomic mass is 10.0. The maximum absolute atomic E-state index is 11.7. The van der Waals surface area contributed by atoms with Gasteiger partial charge in [-0.25, -0.2) is 0 Å². The molecule has 0 spiro atoms. The van der Waals surface area contributed by atoms with Gasteiger partial charge in [-0.2, -0.15) is 0 Å². The van der Waals surface area contributed by atoms with Gasteiger partial charge in [-0.3, -0.25) is 9.59 Å². The second kappa shape index (κ2) is 4.61. The number of nitrogens with one attached hydrogen (secondary N) is 3. The maximum Gasteiger partial charge on any atom is 0.237 e. The Balaban J connectivity index is 1.78. The van der Waals surface area contributed by atoms with Crippen LogP contribution in [0.4, 0.5) is 0 Å². The molecule has 0 bridgehead atoms. The third-order valence-electron chi connectivity index (χ3n) is 2.95. The van der Waals surface area contributed by atoms with Crippen LogP contribution in [-0.2, 0) is 9.59 Å². The highest BCUT2D eigenvalue weighted by Gasteiger charge is 2.26. The lowest BCUT2D eigenvalue weighted by molar-refractivity contribution is -0.124. The molecule has 2 saturated heterocycles. The van der Waals surface area contributed by atoms with E-state index in [4.69, 9.17) is 0 Å². The SMILES string of the molecule is O=C1CC(NC(=O)[C@@H]2CCCCN2)CN1. The van der Waals surface area contributed by atoms with Gasteiger partial charge in [0, 0.05) is 13.0 Å². The fourth-order valence-electron chi connectivity index (χ4n) is 2.08. The molecule has 15 heavy (non-hydrogen) atoms. The normalized spacial score (nSPS) is 31.1. The van der Waals surface area contributed by atoms with Crippen LogP contribution in [0.25, 0.3) is 0 Å². The molecule has 5 heteroatoms. The summed E-state index contributed by atoms with van der Waals surface area (Å²) in [7, 11) is 0. The van der Waals surface area contributed by atoms with Gasteiger partial charge < -0.3 is 16.0 Å². The molecule has 1 unspecified atom stereocenters. The maximum atomic E-state index is 11.7. The number of carbonyl (C=O) groups excluding carboxylic acids is 2. The van der Waals surface area contributed by atoms with Crippen molar-refractivity contribution in [1.29, 1.82) is 0 Å². The summed E-state index contributed by atoms with van der Waals surface area (Å²) in [6.45, 7) is 1.48. The summed E-state index contributed by atoms with van der Waals surface area (Å²) in [6, 6.07) is -0.0804. The molecule has 0 aliphatic carbocycles. The van der Waals surface area contributed by atoms with Gasteiger partial charge in [0.15, 0.2) is 0 Å². The van der Waals surface area contributed by atoms with Crippen molar-refractivity contribution in [2.45, 2.75) is 37.8 Å². The van der Waals surface area contributed by atoms with E-state index in [-0.39, 0.29) is 23.9 Å².